The number of phenols is 1. The summed E-state index contributed by atoms with van der Waals surface area (Å²) in [6.45, 7) is 5.45. The van der Waals surface area contributed by atoms with Crippen LogP contribution in [0.5, 0.6) is 5.75 Å². The van der Waals surface area contributed by atoms with Gasteiger partial charge in [-0.1, -0.05) is 0 Å². The van der Waals surface area contributed by atoms with Crippen LogP contribution in [-0.4, -0.2) is 49.4 Å². The average molecular weight is 301 g/mol. The summed E-state index contributed by atoms with van der Waals surface area (Å²) in [5, 5.41) is 22.9. The zero-order valence-electron chi connectivity index (χ0n) is 12.8. The third-order valence-corrected chi connectivity index (χ3v) is 4.73. The van der Waals surface area contributed by atoms with Gasteiger partial charge >= 0.3 is 0 Å². The molecule has 1 aromatic carbocycles. The minimum absolute atomic E-state index is 0.166. The third kappa shape index (κ3) is 3.25. The molecule has 0 saturated carbocycles. The molecule has 0 spiro atoms. The number of ether oxygens (including phenoxy) is 1. The molecule has 0 aliphatic carbocycles. The Bertz CT molecular complexity index is 525. The fourth-order valence-electron chi connectivity index (χ4n) is 3.60. The molecule has 2 aliphatic heterocycles. The molecule has 2 heterocycles. The van der Waals surface area contributed by atoms with Crippen molar-refractivity contribution in [2.75, 3.05) is 39.4 Å². The molecular weight excluding hydrogens is 278 g/mol. The van der Waals surface area contributed by atoms with Gasteiger partial charge < -0.3 is 15.2 Å². The number of benzene rings is 1. The molecule has 5 heteroatoms. The van der Waals surface area contributed by atoms with Gasteiger partial charge in [0.25, 0.3) is 0 Å². The van der Waals surface area contributed by atoms with Crippen molar-refractivity contribution >= 4 is 0 Å². The molecule has 0 bridgehead atoms. The van der Waals surface area contributed by atoms with Crippen LogP contribution in [0.25, 0.3) is 0 Å². The van der Waals surface area contributed by atoms with Crippen molar-refractivity contribution in [3.8, 4) is 11.8 Å². The lowest BCUT2D eigenvalue weighted by Crippen LogP contribution is -2.47. The van der Waals surface area contributed by atoms with Gasteiger partial charge in [-0.3, -0.25) is 4.90 Å². The topological polar surface area (TPSA) is 68.5 Å². The molecule has 2 fully saturated rings. The molecule has 1 aromatic rings. The van der Waals surface area contributed by atoms with Crippen LogP contribution in [-0.2, 0) is 4.74 Å². The Hall–Kier alpha value is -1.61. The van der Waals surface area contributed by atoms with E-state index in [-0.39, 0.29) is 6.04 Å². The first-order valence-electron chi connectivity index (χ1n) is 8.05. The molecule has 5 nitrogen and oxygen atoms in total. The summed E-state index contributed by atoms with van der Waals surface area (Å²) in [5.41, 5.74) is 1.51. The second-order valence-corrected chi connectivity index (χ2v) is 6.07. The fraction of sp³-hybridized carbons (Fsp3) is 0.588. The highest BCUT2D eigenvalue weighted by molar-refractivity contribution is 5.43. The maximum Gasteiger partial charge on any atom is 0.120 e. The van der Waals surface area contributed by atoms with E-state index in [1.807, 2.05) is 6.07 Å². The number of rotatable bonds is 3. The monoisotopic (exact) mass is 301 g/mol. The Balaban J connectivity index is 1.94. The van der Waals surface area contributed by atoms with Crippen LogP contribution in [0.4, 0.5) is 0 Å². The summed E-state index contributed by atoms with van der Waals surface area (Å²) in [5.74, 6) is 0.765. The van der Waals surface area contributed by atoms with Gasteiger partial charge in [-0.05, 0) is 37.0 Å². The normalized spacial score (nSPS) is 22.1. The van der Waals surface area contributed by atoms with E-state index in [0.29, 0.717) is 17.2 Å². The van der Waals surface area contributed by atoms with E-state index in [0.717, 1.165) is 57.8 Å². The van der Waals surface area contributed by atoms with Crippen LogP contribution in [0.2, 0.25) is 0 Å². The highest BCUT2D eigenvalue weighted by atomic mass is 16.5. The quantitative estimate of drug-likeness (QED) is 0.888. The predicted molar refractivity (Wildman–Crippen MR) is 83.5 cm³/mol. The number of piperazine rings is 1. The molecular formula is C17H23N3O2. The van der Waals surface area contributed by atoms with E-state index in [4.69, 9.17) is 4.74 Å². The highest BCUT2D eigenvalue weighted by Gasteiger charge is 2.33. The van der Waals surface area contributed by atoms with Gasteiger partial charge in [-0.25, -0.2) is 0 Å². The number of aromatic hydroxyl groups is 1. The molecule has 0 amide bonds. The van der Waals surface area contributed by atoms with Crippen molar-refractivity contribution in [1.82, 2.24) is 10.2 Å². The van der Waals surface area contributed by atoms with E-state index in [1.165, 1.54) is 0 Å². The second-order valence-electron chi connectivity index (χ2n) is 6.07. The molecule has 2 saturated heterocycles. The lowest BCUT2D eigenvalue weighted by Gasteiger charge is -2.41. The molecule has 0 radical (unpaired) electrons. The lowest BCUT2D eigenvalue weighted by molar-refractivity contribution is 0.0206. The van der Waals surface area contributed by atoms with Crippen LogP contribution in [0, 0.1) is 17.2 Å². The minimum Gasteiger partial charge on any atom is -0.508 e. The summed E-state index contributed by atoms with van der Waals surface area (Å²) in [6, 6.07) is 7.55. The number of nitrogens with zero attached hydrogens (tertiary/aromatic N) is 2. The maximum absolute atomic E-state index is 10.4. The van der Waals surface area contributed by atoms with E-state index >= 15 is 0 Å². The first-order chi connectivity index (χ1) is 10.8. The van der Waals surface area contributed by atoms with Crippen molar-refractivity contribution in [3.05, 3.63) is 29.3 Å². The van der Waals surface area contributed by atoms with Crippen molar-refractivity contribution in [2.24, 2.45) is 5.92 Å². The van der Waals surface area contributed by atoms with Gasteiger partial charge in [0.05, 0.1) is 11.6 Å². The molecule has 0 unspecified atom stereocenters. The lowest BCUT2D eigenvalue weighted by atomic mass is 9.84. The first-order valence-corrected chi connectivity index (χ1v) is 8.05. The van der Waals surface area contributed by atoms with Crippen LogP contribution in [0.15, 0.2) is 18.2 Å². The van der Waals surface area contributed by atoms with Crippen LogP contribution >= 0.6 is 0 Å². The smallest absolute Gasteiger partial charge is 0.120 e. The van der Waals surface area contributed by atoms with E-state index in [1.54, 1.807) is 12.1 Å². The first kappa shape index (κ1) is 15.3. The van der Waals surface area contributed by atoms with Crippen LogP contribution in [0.1, 0.15) is 30.0 Å². The zero-order valence-corrected chi connectivity index (χ0v) is 12.8. The Labute approximate surface area is 131 Å². The number of nitrogens with one attached hydrogen (secondary N) is 1. The molecule has 2 N–H and O–H groups in total. The summed E-state index contributed by atoms with van der Waals surface area (Å²) < 4.78 is 5.50. The van der Waals surface area contributed by atoms with Crippen LogP contribution in [0.3, 0.4) is 0 Å². The Kier molecular flexibility index (Phi) is 4.94. The molecule has 0 aromatic heterocycles. The zero-order chi connectivity index (χ0) is 15.4. The Morgan fingerprint density at radius 3 is 2.68 bits per heavy atom. The highest BCUT2D eigenvalue weighted by Crippen LogP contribution is 2.39. The molecule has 2 aliphatic rings. The number of nitriles is 1. The average Bonchev–Trinajstić information content (AvgIpc) is 2.59. The second kappa shape index (κ2) is 7.10. The fourth-order valence-corrected chi connectivity index (χ4v) is 3.60. The SMILES string of the molecule is N#Cc1ccc(O)c([C@H](C2CCOCC2)N2CCNCC2)c1. The van der Waals surface area contributed by atoms with Gasteiger partial charge in [0.2, 0.25) is 0 Å². The van der Waals surface area contributed by atoms with Crippen molar-refractivity contribution in [1.29, 1.82) is 5.26 Å². The largest absolute Gasteiger partial charge is 0.508 e. The molecule has 3 rings (SSSR count). The van der Waals surface area contributed by atoms with Crippen molar-refractivity contribution in [2.45, 2.75) is 18.9 Å². The van der Waals surface area contributed by atoms with Crippen LogP contribution < -0.4 is 5.32 Å². The number of phenolic OH excluding ortho intramolecular Hbond substituents is 1. The molecule has 22 heavy (non-hydrogen) atoms. The summed E-state index contributed by atoms with van der Waals surface area (Å²) in [6.07, 6.45) is 2.01. The van der Waals surface area contributed by atoms with E-state index in [2.05, 4.69) is 16.3 Å². The van der Waals surface area contributed by atoms with Gasteiger partial charge in [0.1, 0.15) is 5.75 Å². The summed E-state index contributed by atoms with van der Waals surface area (Å²) >= 11 is 0. The Morgan fingerprint density at radius 2 is 2.00 bits per heavy atom. The minimum atomic E-state index is 0.166. The van der Waals surface area contributed by atoms with Gasteiger partial charge in [0.15, 0.2) is 0 Å². The van der Waals surface area contributed by atoms with Crippen molar-refractivity contribution in [3.63, 3.8) is 0 Å². The van der Waals surface area contributed by atoms with Gasteiger partial charge in [0, 0.05) is 51.0 Å². The third-order valence-electron chi connectivity index (χ3n) is 4.73. The van der Waals surface area contributed by atoms with Crippen molar-refractivity contribution < 1.29 is 9.84 Å². The summed E-state index contributed by atoms with van der Waals surface area (Å²) in [7, 11) is 0. The van der Waals surface area contributed by atoms with Gasteiger partial charge in [-0.15, -0.1) is 0 Å². The van der Waals surface area contributed by atoms with E-state index in [9.17, 15) is 10.4 Å². The predicted octanol–water partition coefficient (Wildman–Crippen LogP) is 1.64. The van der Waals surface area contributed by atoms with E-state index < -0.39 is 0 Å². The summed E-state index contributed by atoms with van der Waals surface area (Å²) in [4.78, 5) is 2.45. The molecule has 1 atom stereocenters. The number of hydrogen-bond acceptors (Lipinski definition) is 5. The molecule has 118 valence electrons. The maximum atomic E-state index is 10.4. The standard InChI is InChI=1S/C17H23N3O2/c18-12-13-1-2-16(21)15(11-13)17(14-3-9-22-10-4-14)20-7-5-19-6-8-20/h1-2,11,14,17,19,21H,3-10H2/t17-/m0/s1. The number of hydrogen-bond donors (Lipinski definition) is 2. The Morgan fingerprint density at radius 1 is 1.27 bits per heavy atom. The van der Waals surface area contributed by atoms with Gasteiger partial charge in [-0.2, -0.15) is 5.26 Å².